The quantitative estimate of drug-likeness (QED) is 0.377. The SMILES string of the molecule is COc1cc(F)cc(-c2ccnc3[nH]c(-c4n[nH]c5ncc(C6=CCNCC6)cc45)cc23)c1. The normalized spacial score (nSPS) is 14.1. The van der Waals surface area contributed by atoms with Crippen molar-refractivity contribution in [2.24, 2.45) is 0 Å². The monoisotopic (exact) mass is 440 g/mol. The predicted molar refractivity (Wildman–Crippen MR) is 126 cm³/mol. The molecule has 4 aromatic heterocycles. The highest BCUT2D eigenvalue weighted by Gasteiger charge is 2.17. The summed E-state index contributed by atoms with van der Waals surface area (Å²) >= 11 is 0. The van der Waals surface area contributed by atoms with Crippen molar-refractivity contribution in [3.8, 4) is 28.3 Å². The second-order valence-electron chi connectivity index (χ2n) is 8.06. The van der Waals surface area contributed by atoms with Crippen LogP contribution >= 0.6 is 0 Å². The molecule has 1 aromatic carbocycles. The zero-order valence-corrected chi connectivity index (χ0v) is 17.9. The molecule has 0 atom stereocenters. The van der Waals surface area contributed by atoms with E-state index in [2.05, 4.69) is 42.6 Å². The molecular formula is C25H21FN6O. The van der Waals surface area contributed by atoms with Crippen molar-refractivity contribution in [3.05, 3.63) is 66.2 Å². The summed E-state index contributed by atoms with van der Waals surface area (Å²) in [5.74, 6) is 0.115. The van der Waals surface area contributed by atoms with Gasteiger partial charge in [0.15, 0.2) is 5.65 Å². The van der Waals surface area contributed by atoms with E-state index in [9.17, 15) is 4.39 Å². The van der Waals surface area contributed by atoms with Crippen LogP contribution in [0.25, 0.3) is 50.2 Å². The van der Waals surface area contributed by atoms with Gasteiger partial charge in [0.2, 0.25) is 0 Å². The fraction of sp³-hybridized carbons (Fsp3) is 0.160. The van der Waals surface area contributed by atoms with Gasteiger partial charge in [0.25, 0.3) is 0 Å². The minimum atomic E-state index is -0.353. The van der Waals surface area contributed by atoms with Gasteiger partial charge < -0.3 is 15.0 Å². The summed E-state index contributed by atoms with van der Waals surface area (Å²) in [6.07, 6.45) is 6.78. The second-order valence-corrected chi connectivity index (χ2v) is 8.06. The van der Waals surface area contributed by atoms with Crippen LogP contribution in [0.3, 0.4) is 0 Å². The average Bonchev–Trinajstić information content (AvgIpc) is 3.47. The third kappa shape index (κ3) is 3.44. The Labute approximate surface area is 188 Å². The van der Waals surface area contributed by atoms with Crippen molar-refractivity contribution in [3.63, 3.8) is 0 Å². The van der Waals surface area contributed by atoms with E-state index in [1.165, 1.54) is 24.8 Å². The number of hydrogen-bond acceptors (Lipinski definition) is 5. The van der Waals surface area contributed by atoms with Crippen molar-refractivity contribution in [1.29, 1.82) is 0 Å². The summed E-state index contributed by atoms with van der Waals surface area (Å²) in [6.45, 7) is 1.83. The molecule has 164 valence electrons. The lowest BCUT2D eigenvalue weighted by atomic mass is 10.0. The number of methoxy groups -OCH3 is 1. The number of pyridine rings is 2. The zero-order valence-electron chi connectivity index (χ0n) is 17.9. The van der Waals surface area contributed by atoms with Gasteiger partial charge in [0.1, 0.15) is 22.9 Å². The maximum atomic E-state index is 14.2. The number of fused-ring (bicyclic) bond motifs is 2. The summed E-state index contributed by atoms with van der Waals surface area (Å²) < 4.78 is 19.4. The Morgan fingerprint density at radius 3 is 2.79 bits per heavy atom. The van der Waals surface area contributed by atoms with Crippen LogP contribution in [0, 0.1) is 5.82 Å². The molecule has 0 radical (unpaired) electrons. The van der Waals surface area contributed by atoms with Gasteiger partial charge >= 0.3 is 0 Å². The van der Waals surface area contributed by atoms with E-state index in [0.717, 1.165) is 64.0 Å². The van der Waals surface area contributed by atoms with E-state index >= 15 is 0 Å². The highest BCUT2D eigenvalue weighted by Crippen LogP contribution is 2.35. The predicted octanol–water partition coefficient (Wildman–Crippen LogP) is 4.69. The Bertz CT molecular complexity index is 1530. The highest BCUT2D eigenvalue weighted by molar-refractivity contribution is 5.99. The fourth-order valence-corrected chi connectivity index (χ4v) is 4.41. The molecule has 0 spiro atoms. The topological polar surface area (TPSA) is 91.5 Å². The number of benzene rings is 1. The Hall–Kier alpha value is -4.04. The van der Waals surface area contributed by atoms with Gasteiger partial charge in [0, 0.05) is 35.8 Å². The molecule has 0 aliphatic carbocycles. The zero-order chi connectivity index (χ0) is 22.4. The van der Waals surface area contributed by atoms with Crippen LogP contribution in [-0.4, -0.2) is 45.3 Å². The molecule has 8 heteroatoms. The molecule has 0 fully saturated rings. The van der Waals surface area contributed by atoms with Gasteiger partial charge in [-0.3, -0.25) is 5.10 Å². The molecule has 5 aromatic rings. The molecule has 3 N–H and O–H groups in total. The van der Waals surface area contributed by atoms with Gasteiger partial charge in [-0.1, -0.05) is 6.08 Å². The number of aromatic nitrogens is 5. The number of nitrogens with one attached hydrogen (secondary N) is 3. The summed E-state index contributed by atoms with van der Waals surface area (Å²) in [4.78, 5) is 12.4. The van der Waals surface area contributed by atoms with Crippen LogP contribution in [0.4, 0.5) is 4.39 Å². The van der Waals surface area contributed by atoms with Crippen molar-refractivity contribution in [2.45, 2.75) is 6.42 Å². The molecule has 0 amide bonds. The molecule has 5 heterocycles. The van der Waals surface area contributed by atoms with Gasteiger partial charge in [-0.05, 0) is 65.6 Å². The molecule has 33 heavy (non-hydrogen) atoms. The molecule has 0 saturated heterocycles. The van der Waals surface area contributed by atoms with Crippen molar-refractivity contribution < 1.29 is 9.13 Å². The first kappa shape index (κ1) is 19.6. The first-order chi connectivity index (χ1) is 16.2. The Kier molecular flexibility index (Phi) is 4.66. The van der Waals surface area contributed by atoms with E-state index < -0.39 is 0 Å². The Morgan fingerprint density at radius 1 is 1.00 bits per heavy atom. The first-order valence-corrected chi connectivity index (χ1v) is 10.8. The Morgan fingerprint density at radius 2 is 1.94 bits per heavy atom. The number of nitrogens with zero attached hydrogens (tertiary/aromatic N) is 3. The van der Waals surface area contributed by atoms with Crippen LogP contribution in [0.1, 0.15) is 12.0 Å². The number of hydrogen-bond donors (Lipinski definition) is 3. The van der Waals surface area contributed by atoms with E-state index in [1.54, 1.807) is 6.20 Å². The van der Waals surface area contributed by atoms with Crippen LogP contribution in [0.5, 0.6) is 5.75 Å². The number of H-pyrrole nitrogens is 2. The fourth-order valence-electron chi connectivity index (χ4n) is 4.41. The van der Waals surface area contributed by atoms with E-state index in [4.69, 9.17) is 4.74 Å². The van der Waals surface area contributed by atoms with Gasteiger partial charge in [-0.25, -0.2) is 14.4 Å². The second kappa shape index (κ2) is 7.83. The van der Waals surface area contributed by atoms with Crippen molar-refractivity contribution >= 4 is 27.6 Å². The number of halogens is 1. The molecule has 7 nitrogen and oxygen atoms in total. The highest BCUT2D eigenvalue weighted by atomic mass is 19.1. The minimum Gasteiger partial charge on any atom is -0.497 e. The standard InChI is InChI=1S/C25H21FN6O/c1-33-18-9-15(8-17(26)11-18)19-4-7-28-24-20(19)12-22(30-24)23-21-10-16(13-29-25(21)32-31-23)14-2-5-27-6-3-14/h2,4,7-13,27H,3,5-6H2,1H3,(H,28,30)(H,29,31,32). The van der Waals surface area contributed by atoms with Crippen LogP contribution < -0.4 is 10.1 Å². The molecule has 0 bridgehead atoms. The largest absolute Gasteiger partial charge is 0.497 e. The third-order valence-corrected chi connectivity index (χ3v) is 6.06. The lowest BCUT2D eigenvalue weighted by Gasteiger charge is -2.13. The van der Waals surface area contributed by atoms with Crippen LogP contribution in [-0.2, 0) is 0 Å². The van der Waals surface area contributed by atoms with Crippen LogP contribution in [0.2, 0.25) is 0 Å². The van der Waals surface area contributed by atoms with Gasteiger partial charge in [-0.2, -0.15) is 5.10 Å². The minimum absolute atomic E-state index is 0.353. The lowest BCUT2D eigenvalue weighted by Crippen LogP contribution is -2.20. The first-order valence-electron chi connectivity index (χ1n) is 10.8. The molecule has 1 aliphatic rings. The van der Waals surface area contributed by atoms with E-state index in [0.29, 0.717) is 11.4 Å². The number of aromatic amines is 2. The average molecular weight is 440 g/mol. The van der Waals surface area contributed by atoms with E-state index in [-0.39, 0.29) is 5.82 Å². The summed E-state index contributed by atoms with van der Waals surface area (Å²) in [6, 6.07) is 10.7. The smallest absolute Gasteiger partial charge is 0.155 e. The maximum Gasteiger partial charge on any atom is 0.155 e. The lowest BCUT2D eigenvalue weighted by molar-refractivity contribution is 0.411. The summed E-state index contributed by atoms with van der Waals surface area (Å²) in [5.41, 5.74) is 6.99. The molecule has 1 aliphatic heterocycles. The molecule has 0 saturated carbocycles. The van der Waals surface area contributed by atoms with Crippen molar-refractivity contribution in [2.75, 3.05) is 20.2 Å². The Balaban J connectivity index is 1.48. The number of rotatable bonds is 4. The van der Waals surface area contributed by atoms with Gasteiger partial charge in [-0.15, -0.1) is 0 Å². The van der Waals surface area contributed by atoms with Crippen LogP contribution in [0.15, 0.2) is 54.9 Å². The molecule has 6 rings (SSSR count). The van der Waals surface area contributed by atoms with E-state index in [1.807, 2.05) is 24.4 Å². The third-order valence-electron chi connectivity index (χ3n) is 6.06. The van der Waals surface area contributed by atoms with Gasteiger partial charge in [0.05, 0.1) is 12.8 Å². The van der Waals surface area contributed by atoms with Crippen molar-refractivity contribution in [1.82, 2.24) is 30.5 Å². The summed E-state index contributed by atoms with van der Waals surface area (Å²) in [7, 11) is 1.53. The maximum absolute atomic E-state index is 14.2. The molecule has 0 unspecified atom stereocenters. The summed E-state index contributed by atoms with van der Waals surface area (Å²) in [5, 5.41) is 12.7. The number of ether oxygens (including phenoxy) is 1. The molecular weight excluding hydrogens is 419 g/mol.